The molecule has 8 heteroatoms. The van der Waals surface area contributed by atoms with Gasteiger partial charge in [-0.1, -0.05) is 45.6 Å². The number of fused-ring (bicyclic) bond motifs is 1. The van der Waals surface area contributed by atoms with E-state index in [0.717, 1.165) is 48.0 Å². The molecule has 0 spiro atoms. The van der Waals surface area contributed by atoms with Crippen molar-refractivity contribution in [1.82, 2.24) is 14.8 Å². The molecule has 2 aromatic heterocycles. The summed E-state index contributed by atoms with van der Waals surface area (Å²) in [5.74, 6) is 6.28. The Morgan fingerprint density at radius 2 is 1.69 bits per heavy atom. The van der Waals surface area contributed by atoms with Crippen molar-refractivity contribution in [3.63, 3.8) is 0 Å². The molecule has 0 unspecified atom stereocenters. The molecule has 1 amide bonds. The molecule has 3 aromatic rings. The molecule has 0 bridgehead atoms. The number of benzene rings is 1. The highest BCUT2D eigenvalue weighted by atomic mass is 16.5. The fourth-order valence-corrected chi connectivity index (χ4v) is 3.50. The van der Waals surface area contributed by atoms with Crippen molar-refractivity contribution in [2.45, 2.75) is 86.7 Å². The molecule has 2 heterocycles. The first-order valence-corrected chi connectivity index (χ1v) is 13.6. The number of carboxylic acid groups (broad SMARTS) is 1. The van der Waals surface area contributed by atoms with Gasteiger partial charge in [0.1, 0.15) is 11.9 Å². The minimum absolute atomic E-state index is 0.196. The molecule has 8 nitrogen and oxygen atoms in total. The number of aryl methyl sites for hydroxylation is 3. The molecule has 2 fully saturated rings. The summed E-state index contributed by atoms with van der Waals surface area (Å²) in [5.41, 5.74) is 4.51. The molecule has 5 rings (SSSR count). The van der Waals surface area contributed by atoms with Gasteiger partial charge in [-0.3, -0.25) is 19.2 Å². The van der Waals surface area contributed by atoms with Gasteiger partial charge in [-0.15, -0.1) is 5.10 Å². The minimum Gasteiger partial charge on any atom is -0.481 e. The van der Waals surface area contributed by atoms with Gasteiger partial charge in [0.2, 0.25) is 0 Å². The van der Waals surface area contributed by atoms with Gasteiger partial charge in [0.15, 0.2) is 5.52 Å². The zero-order valence-corrected chi connectivity index (χ0v) is 24.5. The molecule has 1 aromatic carbocycles. The predicted molar refractivity (Wildman–Crippen MR) is 156 cm³/mol. The van der Waals surface area contributed by atoms with Gasteiger partial charge in [0, 0.05) is 14.0 Å². The van der Waals surface area contributed by atoms with Crippen LogP contribution in [0.4, 0.5) is 11.5 Å². The fraction of sp³-hybridized carbons (Fsp3) is 0.484. The lowest BCUT2D eigenvalue weighted by atomic mass is 9.96. The van der Waals surface area contributed by atoms with E-state index in [1.807, 2.05) is 65.1 Å². The third-order valence-electron chi connectivity index (χ3n) is 6.26. The quantitative estimate of drug-likeness (QED) is 0.372. The van der Waals surface area contributed by atoms with Crippen LogP contribution in [0.3, 0.4) is 0 Å². The number of ether oxygens (including phenoxy) is 1. The van der Waals surface area contributed by atoms with Gasteiger partial charge in [0.05, 0.1) is 11.2 Å². The number of rotatable bonds is 4. The van der Waals surface area contributed by atoms with E-state index in [0.29, 0.717) is 17.2 Å². The fourth-order valence-electron chi connectivity index (χ4n) is 3.50. The lowest BCUT2D eigenvalue weighted by Gasteiger charge is -2.25. The summed E-state index contributed by atoms with van der Waals surface area (Å²) in [6.45, 7) is 13.1. The smallest absolute Gasteiger partial charge is 0.308 e. The molecule has 210 valence electrons. The zero-order valence-electron chi connectivity index (χ0n) is 24.5. The lowest BCUT2D eigenvalue weighted by Crippen LogP contribution is -2.26. The maximum Gasteiger partial charge on any atom is 0.308 e. The number of aliphatic carboxylic acids is 1. The molecule has 2 saturated carbocycles. The van der Waals surface area contributed by atoms with Gasteiger partial charge in [-0.25, -0.2) is 4.98 Å². The third-order valence-corrected chi connectivity index (χ3v) is 6.26. The highest BCUT2D eigenvalue weighted by Crippen LogP contribution is 2.32. The second kappa shape index (κ2) is 14.9. The maximum absolute atomic E-state index is 12.9. The molecule has 0 atom stereocenters. The Bertz CT molecular complexity index is 1320. The summed E-state index contributed by atoms with van der Waals surface area (Å²) in [4.78, 5) is 28.2. The Morgan fingerprint density at radius 3 is 2.18 bits per heavy atom. The third kappa shape index (κ3) is 9.13. The molecule has 0 radical (unpaired) electrons. The van der Waals surface area contributed by atoms with E-state index in [2.05, 4.69) is 23.9 Å². The second-order valence-corrected chi connectivity index (χ2v) is 9.62. The standard InChI is InChI=1S/C23H24N4O2.C4H8.C2H4O2.C2H6/c1-5-7-21(28)27(17-11-10-15(2)16(3)14-17)20-13-12-19-22(24-20)23(25-26(19)4)29-18-8-6-9-18;1-4-2-3-4;1-2(3)4;1-2/h10-14,18H,6,8-9H2,1-4H3;4H,2-3H2,1H3;1H3,(H,3,4);1-2H3. The van der Waals surface area contributed by atoms with Crippen LogP contribution in [0.15, 0.2) is 30.3 Å². The Hall–Kier alpha value is -3.86. The highest BCUT2D eigenvalue weighted by molar-refractivity contribution is 6.10. The Kier molecular flexibility index (Phi) is 12.0. The Balaban J connectivity index is 0.000000457. The predicted octanol–water partition coefficient (Wildman–Crippen LogP) is 6.74. The van der Waals surface area contributed by atoms with Crippen LogP contribution in [0, 0.1) is 31.6 Å². The topological polar surface area (TPSA) is 97.6 Å². The van der Waals surface area contributed by atoms with E-state index >= 15 is 0 Å². The van der Waals surface area contributed by atoms with Crippen LogP contribution >= 0.6 is 0 Å². The van der Waals surface area contributed by atoms with E-state index in [1.54, 1.807) is 16.5 Å². The lowest BCUT2D eigenvalue weighted by molar-refractivity contribution is -0.134. The van der Waals surface area contributed by atoms with E-state index in [4.69, 9.17) is 19.6 Å². The van der Waals surface area contributed by atoms with Crippen molar-refractivity contribution in [2.24, 2.45) is 13.0 Å². The summed E-state index contributed by atoms with van der Waals surface area (Å²) < 4.78 is 7.80. The summed E-state index contributed by atoms with van der Waals surface area (Å²) in [5, 5.41) is 11.9. The van der Waals surface area contributed by atoms with Crippen molar-refractivity contribution in [1.29, 1.82) is 0 Å². The van der Waals surface area contributed by atoms with Crippen molar-refractivity contribution in [2.75, 3.05) is 4.90 Å². The number of carbonyl (C=O) groups is 2. The van der Waals surface area contributed by atoms with Crippen molar-refractivity contribution < 1.29 is 19.4 Å². The first-order valence-electron chi connectivity index (χ1n) is 13.6. The van der Waals surface area contributed by atoms with Crippen LogP contribution in [-0.4, -0.2) is 37.9 Å². The van der Waals surface area contributed by atoms with Crippen LogP contribution in [0.1, 0.15) is 77.8 Å². The van der Waals surface area contributed by atoms with E-state index in [-0.39, 0.29) is 12.0 Å². The number of hydrogen-bond donors (Lipinski definition) is 1. The van der Waals surface area contributed by atoms with E-state index in [9.17, 15) is 4.79 Å². The van der Waals surface area contributed by atoms with Crippen molar-refractivity contribution in [3.05, 3.63) is 41.5 Å². The van der Waals surface area contributed by atoms with Gasteiger partial charge in [-0.05, 0) is 87.3 Å². The molecular weight excluding hydrogens is 492 g/mol. The van der Waals surface area contributed by atoms with E-state index < -0.39 is 5.97 Å². The highest BCUT2D eigenvalue weighted by Gasteiger charge is 2.24. The normalized spacial score (nSPS) is 13.5. The summed E-state index contributed by atoms with van der Waals surface area (Å²) in [7, 11) is 1.87. The number of hydrogen-bond acceptors (Lipinski definition) is 5. The maximum atomic E-state index is 12.9. The summed E-state index contributed by atoms with van der Waals surface area (Å²) in [6.07, 6.45) is 6.43. The van der Waals surface area contributed by atoms with Gasteiger partial charge in [0.25, 0.3) is 11.8 Å². The van der Waals surface area contributed by atoms with Crippen molar-refractivity contribution >= 4 is 34.4 Å². The number of carboxylic acids is 1. The SMILES string of the molecule is CC.CC#CC(=O)N(c1ccc(C)c(C)c1)c1ccc2c(n1)c(OC1CCC1)nn2C.CC(=O)O.CC1CC1. The summed E-state index contributed by atoms with van der Waals surface area (Å²) in [6, 6.07) is 9.63. The summed E-state index contributed by atoms with van der Waals surface area (Å²) >= 11 is 0. The van der Waals surface area contributed by atoms with Crippen LogP contribution in [0.25, 0.3) is 11.0 Å². The molecule has 39 heavy (non-hydrogen) atoms. The van der Waals surface area contributed by atoms with Gasteiger partial charge >= 0.3 is 5.91 Å². The van der Waals surface area contributed by atoms with Crippen LogP contribution < -0.4 is 9.64 Å². The average Bonchev–Trinajstić information content (AvgIpc) is 3.59. The molecule has 1 N–H and O–H groups in total. The largest absolute Gasteiger partial charge is 0.481 e. The van der Waals surface area contributed by atoms with Crippen LogP contribution in [-0.2, 0) is 16.6 Å². The number of aromatic nitrogens is 3. The number of nitrogens with zero attached hydrogens (tertiary/aromatic N) is 4. The molecule has 0 aliphatic heterocycles. The zero-order chi connectivity index (χ0) is 29.1. The molecular formula is C31H42N4O4. The number of carbonyl (C=O) groups excluding carboxylic acids is 1. The monoisotopic (exact) mass is 534 g/mol. The number of pyridine rings is 1. The Labute approximate surface area is 232 Å². The molecule has 0 saturated heterocycles. The van der Waals surface area contributed by atoms with E-state index in [1.165, 1.54) is 19.3 Å². The average molecular weight is 535 g/mol. The number of anilines is 2. The van der Waals surface area contributed by atoms with Crippen molar-refractivity contribution in [3.8, 4) is 17.7 Å². The first kappa shape index (κ1) is 31.4. The van der Waals surface area contributed by atoms with Crippen LogP contribution in [0.5, 0.6) is 5.88 Å². The minimum atomic E-state index is -0.833. The Morgan fingerprint density at radius 1 is 1.08 bits per heavy atom. The van der Waals surface area contributed by atoms with Gasteiger partial charge < -0.3 is 9.84 Å². The molecule has 2 aliphatic rings. The molecule has 2 aliphatic carbocycles. The number of amides is 1. The second-order valence-electron chi connectivity index (χ2n) is 9.62. The van der Waals surface area contributed by atoms with Gasteiger partial charge in [-0.2, -0.15) is 0 Å². The van der Waals surface area contributed by atoms with Crippen LogP contribution in [0.2, 0.25) is 0 Å². The first-order chi connectivity index (χ1) is 18.6.